The quantitative estimate of drug-likeness (QED) is 0.352. The number of fused-ring (bicyclic) bond motifs is 4. The molecular formula is C29H48O3. The summed E-state index contributed by atoms with van der Waals surface area (Å²) in [5, 5.41) is 11.4. The lowest BCUT2D eigenvalue weighted by Gasteiger charge is -2.56. The van der Waals surface area contributed by atoms with Gasteiger partial charge in [-0.3, -0.25) is 4.79 Å². The molecule has 0 bridgehead atoms. The number of carbonyl (C=O) groups excluding carboxylic acids is 1. The first-order valence-electron chi connectivity index (χ1n) is 13.6. The van der Waals surface area contributed by atoms with Crippen LogP contribution in [0.3, 0.4) is 0 Å². The van der Waals surface area contributed by atoms with Gasteiger partial charge in [0.2, 0.25) is 0 Å². The van der Waals surface area contributed by atoms with Gasteiger partial charge in [-0.25, -0.2) is 0 Å². The van der Waals surface area contributed by atoms with Gasteiger partial charge in [0.25, 0.3) is 0 Å². The molecule has 0 unspecified atom stereocenters. The molecule has 0 amide bonds. The van der Waals surface area contributed by atoms with Crippen LogP contribution < -0.4 is 0 Å². The van der Waals surface area contributed by atoms with E-state index in [0.29, 0.717) is 11.3 Å². The Hall–Kier alpha value is -0.830. The minimum atomic E-state index is -0.311. The molecule has 0 radical (unpaired) electrons. The van der Waals surface area contributed by atoms with Crippen molar-refractivity contribution in [1.29, 1.82) is 0 Å². The summed E-state index contributed by atoms with van der Waals surface area (Å²) in [4.78, 5) is 11.5. The number of esters is 1. The maximum Gasteiger partial charge on any atom is 0.302 e. The predicted molar refractivity (Wildman–Crippen MR) is 130 cm³/mol. The normalized spacial score (nSPS) is 42.3. The van der Waals surface area contributed by atoms with Crippen LogP contribution in [0, 0.1) is 40.4 Å². The van der Waals surface area contributed by atoms with Gasteiger partial charge in [-0.05, 0) is 86.4 Å². The fraction of sp³-hybridized carbons (Fsp3) is 0.897. The van der Waals surface area contributed by atoms with Crippen LogP contribution in [0.4, 0.5) is 0 Å². The maximum atomic E-state index is 11.5. The van der Waals surface area contributed by atoms with Crippen LogP contribution in [-0.4, -0.2) is 23.3 Å². The number of aliphatic hydroxyl groups is 1. The van der Waals surface area contributed by atoms with E-state index in [4.69, 9.17) is 4.74 Å². The SMILES string of the molecule is CC(=O)O[C@H]1CCC2=C3CC[C@]4(C)[C@@H]([C@H](C)CCCC(C)C)CC[C@H]4[C@@H]3C[C@@H](O)[C@]2(C)C1. The van der Waals surface area contributed by atoms with Gasteiger partial charge in [0.15, 0.2) is 0 Å². The summed E-state index contributed by atoms with van der Waals surface area (Å²) in [6.07, 6.45) is 12.6. The minimum Gasteiger partial charge on any atom is -0.463 e. The van der Waals surface area contributed by atoms with Gasteiger partial charge in [-0.15, -0.1) is 0 Å². The summed E-state index contributed by atoms with van der Waals surface area (Å²) in [7, 11) is 0. The summed E-state index contributed by atoms with van der Waals surface area (Å²) in [5.41, 5.74) is 3.48. The van der Waals surface area contributed by atoms with Crippen molar-refractivity contribution in [3.8, 4) is 0 Å². The molecule has 4 rings (SSSR count). The Labute approximate surface area is 196 Å². The summed E-state index contributed by atoms with van der Waals surface area (Å²) in [6.45, 7) is 13.6. The second kappa shape index (κ2) is 9.08. The van der Waals surface area contributed by atoms with Gasteiger partial charge < -0.3 is 9.84 Å². The Bertz CT molecular complexity index is 739. The zero-order valence-electron chi connectivity index (χ0n) is 21.6. The van der Waals surface area contributed by atoms with Gasteiger partial charge in [0.1, 0.15) is 6.10 Å². The van der Waals surface area contributed by atoms with Crippen molar-refractivity contribution < 1.29 is 14.6 Å². The fourth-order valence-corrected chi connectivity index (χ4v) is 8.81. The molecular weight excluding hydrogens is 396 g/mol. The van der Waals surface area contributed by atoms with Crippen LogP contribution in [0.2, 0.25) is 0 Å². The van der Waals surface area contributed by atoms with Crippen molar-refractivity contribution in [2.45, 2.75) is 124 Å². The molecule has 4 aliphatic carbocycles. The lowest BCUT2D eigenvalue weighted by molar-refractivity contribution is -0.150. The standard InChI is InChI=1S/C29H48O3/c1-18(2)8-7-9-19(3)24-12-13-26-23-16-27(31)29(6)17-21(32-20(4)30)10-11-25(29)22(23)14-15-28(24,26)5/h18-19,21,23-24,26-27,31H,7-17H2,1-6H3/t19-,21+,23-,24-,26+,27-,28-,29-/m1/s1. The van der Waals surface area contributed by atoms with Crippen LogP contribution in [0.5, 0.6) is 0 Å². The van der Waals surface area contributed by atoms with E-state index in [0.717, 1.165) is 49.4 Å². The Kier molecular flexibility index (Phi) is 6.90. The third-order valence-electron chi connectivity index (χ3n) is 10.5. The van der Waals surface area contributed by atoms with Crippen LogP contribution in [-0.2, 0) is 9.53 Å². The monoisotopic (exact) mass is 444 g/mol. The topological polar surface area (TPSA) is 46.5 Å². The second-order valence-electron chi connectivity index (χ2n) is 12.9. The third-order valence-corrected chi connectivity index (χ3v) is 10.5. The Balaban J connectivity index is 1.53. The molecule has 0 aromatic carbocycles. The van der Waals surface area contributed by atoms with Crippen molar-refractivity contribution in [3.63, 3.8) is 0 Å². The smallest absolute Gasteiger partial charge is 0.302 e. The van der Waals surface area contributed by atoms with Gasteiger partial charge in [0, 0.05) is 12.3 Å². The number of carbonyl (C=O) groups is 1. The molecule has 0 saturated heterocycles. The van der Waals surface area contributed by atoms with Crippen LogP contribution in [0.1, 0.15) is 112 Å². The molecule has 3 heteroatoms. The van der Waals surface area contributed by atoms with E-state index in [1.54, 1.807) is 11.1 Å². The lowest BCUT2D eigenvalue weighted by Crippen LogP contribution is -2.50. The van der Waals surface area contributed by atoms with Crippen molar-refractivity contribution in [2.24, 2.45) is 40.4 Å². The number of rotatable bonds is 6. The first kappa shape index (κ1) is 24.3. The molecule has 3 saturated carbocycles. The summed E-state index contributed by atoms with van der Waals surface area (Å²) in [6, 6.07) is 0. The highest BCUT2D eigenvalue weighted by atomic mass is 16.5. The molecule has 4 aliphatic rings. The Morgan fingerprint density at radius 3 is 2.56 bits per heavy atom. The molecule has 0 aromatic rings. The maximum absolute atomic E-state index is 11.5. The number of aliphatic hydroxyl groups excluding tert-OH is 1. The van der Waals surface area contributed by atoms with E-state index in [-0.39, 0.29) is 23.6 Å². The van der Waals surface area contributed by atoms with Gasteiger partial charge in [-0.1, -0.05) is 65.0 Å². The van der Waals surface area contributed by atoms with Gasteiger partial charge in [-0.2, -0.15) is 0 Å². The summed E-state index contributed by atoms with van der Waals surface area (Å²) >= 11 is 0. The van der Waals surface area contributed by atoms with Crippen molar-refractivity contribution in [1.82, 2.24) is 0 Å². The molecule has 0 aliphatic heterocycles. The van der Waals surface area contributed by atoms with E-state index >= 15 is 0 Å². The molecule has 32 heavy (non-hydrogen) atoms. The first-order valence-corrected chi connectivity index (χ1v) is 13.6. The average Bonchev–Trinajstić information content (AvgIpc) is 3.05. The number of hydrogen-bond donors (Lipinski definition) is 1. The average molecular weight is 445 g/mol. The van der Waals surface area contributed by atoms with E-state index < -0.39 is 0 Å². The van der Waals surface area contributed by atoms with Crippen molar-refractivity contribution in [3.05, 3.63) is 11.1 Å². The van der Waals surface area contributed by atoms with Crippen LogP contribution in [0.25, 0.3) is 0 Å². The second-order valence-corrected chi connectivity index (χ2v) is 12.9. The van der Waals surface area contributed by atoms with Crippen LogP contribution in [0.15, 0.2) is 11.1 Å². The zero-order valence-corrected chi connectivity index (χ0v) is 21.6. The highest BCUT2D eigenvalue weighted by Gasteiger charge is 2.58. The van der Waals surface area contributed by atoms with Crippen LogP contribution >= 0.6 is 0 Å². The number of ether oxygens (including phenoxy) is 1. The third kappa shape index (κ3) is 4.21. The molecule has 182 valence electrons. The Morgan fingerprint density at radius 1 is 1.12 bits per heavy atom. The molecule has 3 fully saturated rings. The highest BCUT2D eigenvalue weighted by Crippen LogP contribution is 2.65. The predicted octanol–water partition coefficient (Wildman–Crippen LogP) is 7.07. The van der Waals surface area contributed by atoms with E-state index in [1.165, 1.54) is 51.9 Å². The first-order chi connectivity index (χ1) is 15.1. The zero-order chi connectivity index (χ0) is 23.3. The molecule has 0 spiro atoms. The highest BCUT2D eigenvalue weighted by molar-refractivity contribution is 5.66. The number of hydrogen-bond acceptors (Lipinski definition) is 3. The number of allylic oxidation sites excluding steroid dienone is 1. The van der Waals surface area contributed by atoms with Gasteiger partial charge in [0.05, 0.1) is 6.10 Å². The van der Waals surface area contributed by atoms with E-state index in [1.807, 2.05) is 0 Å². The molecule has 1 N–H and O–H groups in total. The summed E-state index contributed by atoms with van der Waals surface area (Å²) in [5.74, 6) is 3.59. The minimum absolute atomic E-state index is 0.0375. The summed E-state index contributed by atoms with van der Waals surface area (Å²) < 4.78 is 5.59. The van der Waals surface area contributed by atoms with Crippen molar-refractivity contribution in [2.75, 3.05) is 0 Å². The molecule has 0 heterocycles. The Morgan fingerprint density at radius 2 is 1.88 bits per heavy atom. The molecule has 8 atom stereocenters. The largest absolute Gasteiger partial charge is 0.463 e. The van der Waals surface area contributed by atoms with E-state index in [2.05, 4.69) is 34.6 Å². The van der Waals surface area contributed by atoms with E-state index in [9.17, 15) is 9.90 Å². The fourth-order valence-electron chi connectivity index (χ4n) is 8.81. The molecule has 0 aromatic heterocycles. The molecule has 3 nitrogen and oxygen atoms in total. The van der Waals surface area contributed by atoms with Crippen molar-refractivity contribution >= 4 is 5.97 Å². The lowest BCUT2D eigenvalue weighted by atomic mass is 9.50. The van der Waals surface area contributed by atoms with Gasteiger partial charge >= 0.3 is 5.97 Å².